The van der Waals surface area contributed by atoms with Crippen molar-refractivity contribution in [3.05, 3.63) is 29.5 Å². The summed E-state index contributed by atoms with van der Waals surface area (Å²) < 4.78 is 22.6. The quantitative estimate of drug-likeness (QED) is 0.660. The zero-order chi connectivity index (χ0) is 21.6. The van der Waals surface area contributed by atoms with Gasteiger partial charge in [-0.15, -0.1) is 0 Å². The number of hydrogen-bond acceptors (Lipinski definition) is 9. The molecule has 1 saturated heterocycles. The molecule has 0 bridgehead atoms. The maximum absolute atomic E-state index is 6.26. The van der Waals surface area contributed by atoms with E-state index in [9.17, 15) is 0 Å². The third-order valence-corrected chi connectivity index (χ3v) is 6.20. The molecule has 0 saturated carbocycles. The van der Waals surface area contributed by atoms with Crippen LogP contribution >= 0.6 is 0 Å². The molecule has 164 valence electrons. The fourth-order valence-electron chi connectivity index (χ4n) is 4.33. The van der Waals surface area contributed by atoms with E-state index in [4.69, 9.17) is 34.4 Å². The summed E-state index contributed by atoms with van der Waals surface area (Å²) in [7, 11) is 1.70. The van der Waals surface area contributed by atoms with Gasteiger partial charge < -0.3 is 29.4 Å². The molecule has 2 aliphatic rings. The second kappa shape index (κ2) is 7.74. The van der Waals surface area contributed by atoms with Crippen molar-refractivity contribution in [3.63, 3.8) is 0 Å². The van der Waals surface area contributed by atoms with Gasteiger partial charge in [0.15, 0.2) is 17.2 Å². The van der Waals surface area contributed by atoms with E-state index >= 15 is 0 Å². The third kappa shape index (κ3) is 3.42. The summed E-state index contributed by atoms with van der Waals surface area (Å²) >= 11 is 0. The van der Waals surface area contributed by atoms with E-state index in [1.54, 1.807) is 7.11 Å². The number of methoxy groups -OCH3 is 1. The van der Waals surface area contributed by atoms with Crippen LogP contribution in [0.25, 0.3) is 22.4 Å². The predicted molar refractivity (Wildman–Crippen MR) is 116 cm³/mol. The number of nitrogens with zero attached hydrogens (tertiary/aromatic N) is 4. The Kier molecular flexibility index (Phi) is 5.04. The van der Waals surface area contributed by atoms with Crippen molar-refractivity contribution in [1.29, 1.82) is 0 Å². The predicted octanol–water partition coefficient (Wildman–Crippen LogP) is 2.87. The van der Waals surface area contributed by atoms with Gasteiger partial charge in [-0.2, -0.15) is 0 Å². The van der Waals surface area contributed by atoms with Crippen LogP contribution in [0.2, 0.25) is 0 Å². The molecule has 1 aromatic carbocycles. The Balaban J connectivity index is 1.66. The summed E-state index contributed by atoms with van der Waals surface area (Å²) in [4.78, 5) is 12.3. The van der Waals surface area contributed by atoms with E-state index in [0.717, 1.165) is 34.6 Å². The highest BCUT2D eigenvalue weighted by Crippen LogP contribution is 2.43. The Labute approximate surface area is 180 Å². The molecule has 5 rings (SSSR count). The van der Waals surface area contributed by atoms with E-state index in [1.807, 2.05) is 18.2 Å². The fourth-order valence-corrected chi connectivity index (χ4v) is 4.33. The maximum atomic E-state index is 6.26. The summed E-state index contributed by atoms with van der Waals surface area (Å²) in [5.74, 6) is 1.91. The molecule has 0 spiro atoms. The van der Waals surface area contributed by atoms with E-state index < -0.39 is 5.60 Å². The number of ether oxygens (including phenoxy) is 3. The molecule has 2 N–H and O–H groups in total. The molecule has 1 fully saturated rings. The number of fused-ring (bicyclic) bond motifs is 2. The van der Waals surface area contributed by atoms with Crippen LogP contribution in [0.3, 0.4) is 0 Å². The van der Waals surface area contributed by atoms with Gasteiger partial charge in [-0.05, 0) is 26.0 Å². The standard InChI is InChI=1S/C22H27N5O4/c1-13-11-29-9-7-27(13)21-16-12-30-22(2,6-8-28-3)18(16)24-20(25-21)14-4-5-15-17(10-14)31-26-19(15)23/h4-5,10,13H,6-9,11-12H2,1-3H3,(H2,23,26)/t13-,22+/m0/s1. The highest BCUT2D eigenvalue weighted by Gasteiger charge is 2.41. The molecule has 0 radical (unpaired) electrons. The molecule has 3 aromatic rings. The molecule has 4 heterocycles. The van der Waals surface area contributed by atoms with Crippen molar-refractivity contribution in [3.8, 4) is 11.4 Å². The van der Waals surface area contributed by atoms with Gasteiger partial charge in [-0.1, -0.05) is 11.2 Å². The molecule has 9 nitrogen and oxygen atoms in total. The van der Waals surface area contributed by atoms with Crippen LogP contribution < -0.4 is 10.6 Å². The molecule has 31 heavy (non-hydrogen) atoms. The number of aromatic nitrogens is 3. The molecule has 0 aliphatic carbocycles. The summed E-state index contributed by atoms with van der Waals surface area (Å²) in [5, 5.41) is 4.63. The van der Waals surface area contributed by atoms with Crippen LogP contribution in [-0.4, -0.2) is 54.6 Å². The molecule has 9 heteroatoms. The van der Waals surface area contributed by atoms with Gasteiger partial charge in [0.05, 0.1) is 36.9 Å². The Hall–Kier alpha value is -2.75. The number of anilines is 2. The van der Waals surface area contributed by atoms with E-state index in [-0.39, 0.29) is 6.04 Å². The van der Waals surface area contributed by atoms with E-state index in [2.05, 4.69) is 23.9 Å². The van der Waals surface area contributed by atoms with Crippen LogP contribution in [0.4, 0.5) is 11.6 Å². The average Bonchev–Trinajstić information content (AvgIpc) is 3.32. The number of hydrogen-bond donors (Lipinski definition) is 1. The second-order valence-electron chi connectivity index (χ2n) is 8.36. The van der Waals surface area contributed by atoms with E-state index in [1.165, 1.54) is 0 Å². The van der Waals surface area contributed by atoms with Gasteiger partial charge >= 0.3 is 0 Å². The third-order valence-electron chi connectivity index (χ3n) is 6.20. The smallest absolute Gasteiger partial charge is 0.174 e. The molecule has 0 unspecified atom stereocenters. The van der Waals surface area contributed by atoms with Crippen molar-refractivity contribution >= 4 is 22.6 Å². The molecule has 2 aromatic heterocycles. The Morgan fingerprint density at radius 1 is 1.32 bits per heavy atom. The van der Waals surface area contributed by atoms with Crippen molar-refractivity contribution in [2.75, 3.05) is 44.1 Å². The summed E-state index contributed by atoms with van der Waals surface area (Å²) in [6, 6.07) is 5.94. The van der Waals surface area contributed by atoms with Gasteiger partial charge in [0.2, 0.25) is 0 Å². The lowest BCUT2D eigenvalue weighted by Crippen LogP contribution is -2.44. The van der Waals surface area contributed by atoms with Crippen molar-refractivity contribution < 1.29 is 18.7 Å². The summed E-state index contributed by atoms with van der Waals surface area (Å²) in [5.41, 5.74) is 8.75. The van der Waals surface area contributed by atoms with Crippen LogP contribution in [-0.2, 0) is 26.4 Å². The molecule has 2 aliphatic heterocycles. The average molecular weight is 425 g/mol. The summed E-state index contributed by atoms with van der Waals surface area (Å²) in [6.45, 7) is 7.40. The number of rotatable bonds is 5. The highest BCUT2D eigenvalue weighted by molar-refractivity contribution is 5.89. The van der Waals surface area contributed by atoms with Gasteiger partial charge in [-0.3, -0.25) is 0 Å². The molecule has 0 amide bonds. The minimum Gasteiger partial charge on any atom is -0.385 e. The molecular weight excluding hydrogens is 398 g/mol. The highest BCUT2D eigenvalue weighted by atomic mass is 16.5. The first-order valence-electron chi connectivity index (χ1n) is 10.5. The van der Waals surface area contributed by atoms with Crippen LogP contribution in [0, 0.1) is 0 Å². The Morgan fingerprint density at radius 3 is 3.00 bits per heavy atom. The first kappa shape index (κ1) is 20.2. The minimum absolute atomic E-state index is 0.211. The number of nitrogen functional groups attached to an aromatic ring is 1. The first-order chi connectivity index (χ1) is 15.0. The monoisotopic (exact) mass is 425 g/mol. The SMILES string of the molecule is COCC[C@@]1(C)OCc2c(N3CCOC[C@@H]3C)nc(-c3ccc4c(N)noc4c3)nc21. The molecular formula is C22H27N5O4. The largest absolute Gasteiger partial charge is 0.385 e. The van der Waals surface area contributed by atoms with Gasteiger partial charge in [0.25, 0.3) is 0 Å². The van der Waals surface area contributed by atoms with Crippen molar-refractivity contribution in [2.24, 2.45) is 0 Å². The molecule has 2 atom stereocenters. The topological polar surface area (TPSA) is 109 Å². The number of morpholine rings is 1. The maximum Gasteiger partial charge on any atom is 0.174 e. The lowest BCUT2D eigenvalue weighted by molar-refractivity contribution is -0.0448. The zero-order valence-electron chi connectivity index (χ0n) is 18.1. The number of nitrogens with two attached hydrogens (primary N) is 1. The van der Waals surface area contributed by atoms with Crippen molar-refractivity contribution in [2.45, 2.75) is 38.5 Å². The normalized spacial score (nSPS) is 23.5. The van der Waals surface area contributed by atoms with E-state index in [0.29, 0.717) is 50.1 Å². The van der Waals surface area contributed by atoms with Crippen LogP contribution in [0.15, 0.2) is 22.7 Å². The zero-order valence-corrected chi connectivity index (χ0v) is 18.1. The van der Waals surface area contributed by atoms with Gasteiger partial charge in [0.1, 0.15) is 11.4 Å². The van der Waals surface area contributed by atoms with Crippen LogP contribution in [0.5, 0.6) is 0 Å². The van der Waals surface area contributed by atoms with Gasteiger partial charge in [0, 0.05) is 37.8 Å². The lowest BCUT2D eigenvalue weighted by Gasteiger charge is -2.35. The second-order valence-corrected chi connectivity index (χ2v) is 8.36. The lowest BCUT2D eigenvalue weighted by atomic mass is 9.96. The van der Waals surface area contributed by atoms with Crippen LogP contribution in [0.1, 0.15) is 31.5 Å². The Morgan fingerprint density at radius 2 is 2.19 bits per heavy atom. The van der Waals surface area contributed by atoms with Gasteiger partial charge in [-0.25, -0.2) is 9.97 Å². The van der Waals surface area contributed by atoms with Crippen molar-refractivity contribution in [1.82, 2.24) is 15.1 Å². The first-order valence-corrected chi connectivity index (χ1v) is 10.5. The Bertz CT molecular complexity index is 1120. The minimum atomic E-state index is -0.534. The fraction of sp³-hybridized carbons (Fsp3) is 0.500. The number of benzene rings is 1. The summed E-state index contributed by atoms with van der Waals surface area (Å²) in [6.07, 6.45) is 0.711.